The highest BCUT2D eigenvalue weighted by Gasteiger charge is 2.17. The maximum Gasteiger partial charge on any atom is 0.339 e. The van der Waals surface area contributed by atoms with Crippen LogP contribution in [0, 0.1) is 0 Å². The number of aryl methyl sites for hydroxylation is 1. The van der Waals surface area contributed by atoms with E-state index in [9.17, 15) is 9.59 Å². The summed E-state index contributed by atoms with van der Waals surface area (Å²) in [6.45, 7) is 4.41. The van der Waals surface area contributed by atoms with Crippen molar-refractivity contribution in [2.24, 2.45) is 7.05 Å². The lowest BCUT2D eigenvalue weighted by Crippen LogP contribution is -2.42. The van der Waals surface area contributed by atoms with Crippen LogP contribution in [0.4, 0.5) is 0 Å². The highest BCUT2D eigenvalue weighted by atomic mass is 16.4. The van der Waals surface area contributed by atoms with Crippen LogP contribution in [-0.4, -0.2) is 39.4 Å². The van der Waals surface area contributed by atoms with Crippen molar-refractivity contribution < 1.29 is 14.7 Å². The average Bonchev–Trinajstić information content (AvgIpc) is 2.68. The second-order valence-electron chi connectivity index (χ2n) is 3.93. The van der Waals surface area contributed by atoms with Crippen molar-refractivity contribution in [2.45, 2.75) is 26.4 Å². The zero-order valence-corrected chi connectivity index (χ0v) is 10.7. The molecule has 0 aliphatic rings. The number of hydrogen-bond acceptors (Lipinski definition) is 4. The van der Waals surface area contributed by atoms with Crippen molar-refractivity contribution in [3.05, 3.63) is 17.5 Å². The Morgan fingerprint density at radius 2 is 2.22 bits per heavy atom. The third-order valence-corrected chi connectivity index (χ3v) is 2.61. The molecule has 1 aromatic heterocycles. The van der Waals surface area contributed by atoms with Crippen LogP contribution in [0.25, 0.3) is 0 Å². The summed E-state index contributed by atoms with van der Waals surface area (Å²) >= 11 is 0. The Kier molecular flexibility index (Phi) is 4.85. The van der Waals surface area contributed by atoms with Crippen LogP contribution in [0.15, 0.2) is 6.20 Å². The van der Waals surface area contributed by atoms with E-state index < -0.39 is 5.97 Å². The van der Waals surface area contributed by atoms with Gasteiger partial charge in [-0.15, -0.1) is 0 Å². The van der Waals surface area contributed by atoms with Gasteiger partial charge >= 0.3 is 5.97 Å². The van der Waals surface area contributed by atoms with Crippen LogP contribution < -0.4 is 10.6 Å². The summed E-state index contributed by atoms with van der Waals surface area (Å²) in [5, 5.41) is 18.5. The molecule has 0 radical (unpaired) electrons. The van der Waals surface area contributed by atoms with E-state index in [1.807, 2.05) is 6.92 Å². The van der Waals surface area contributed by atoms with Crippen LogP contribution in [0.2, 0.25) is 0 Å². The zero-order chi connectivity index (χ0) is 13.7. The number of carbonyl (C=O) groups is 2. The fourth-order valence-electron chi connectivity index (χ4n) is 1.52. The Labute approximate surface area is 105 Å². The van der Waals surface area contributed by atoms with Crippen LogP contribution in [0.3, 0.4) is 0 Å². The van der Waals surface area contributed by atoms with Gasteiger partial charge in [0, 0.05) is 20.1 Å². The molecule has 1 heterocycles. The molecule has 0 bridgehead atoms. The second-order valence-corrected chi connectivity index (χ2v) is 3.93. The lowest BCUT2D eigenvalue weighted by Gasteiger charge is -2.13. The average molecular weight is 254 g/mol. The summed E-state index contributed by atoms with van der Waals surface area (Å²) in [5.41, 5.74) is 0.687. The van der Waals surface area contributed by atoms with Crippen molar-refractivity contribution in [3.63, 3.8) is 0 Å². The van der Waals surface area contributed by atoms with Gasteiger partial charge in [0.2, 0.25) is 5.91 Å². The van der Waals surface area contributed by atoms with E-state index in [4.69, 9.17) is 5.11 Å². The lowest BCUT2D eigenvalue weighted by molar-refractivity contribution is -0.122. The number of carboxylic acid groups (broad SMARTS) is 1. The maximum absolute atomic E-state index is 11.5. The van der Waals surface area contributed by atoms with E-state index >= 15 is 0 Å². The number of amides is 1. The van der Waals surface area contributed by atoms with Gasteiger partial charge < -0.3 is 15.7 Å². The van der Waals surface area contributed by atoms with Gasteiger partial charge in [-0.25, -0.2) is 4.79 Å². The standard InChI is InChI=1S/C11H18N4O3/c1-4-12-10(16)7(2)13-6-9-8(11(17)18)5-14-15(9)3/h5,7,13H,4,6H2,1-3H3,(H,12,16)(H,17,18). The molecule has 18 heavy (non-hydrogen) atoms. The zero-order valence-electron chi connectivity index (χ0n) is 10.7. The second kappa shape index (κ2) is 6.15. The summed E-state index contributed by atoms with van der Waals surface area (Å²) in [5.74, 6) is -1.14. The Balaban J connectivity index is 2.66. The predicted molar refractivity (Wildman–Crippen MR) is 65.2 cm³/mol. The van der Waals surface area contributed by atoms with E-state index in [2.05, 4.69) is 15.7 Å². The van der Waals surface area contributed by atoms with Crippen LogP contribution in [0.1, 0.15) is 29.9 Å². The molecule has 1 rings (SSSR count). The molecule has 0 aromatic carbocycles. The van der Waals surface area contributed by atoms with Gasteiger partial charge in [0.25, 0.3) is 0 Å². The van der Waals surface area contributed by atoms with Crippen molar-refractivity contribution in [1.29, 1.82) is 0 Å². The number of likely N-dealkylation sites (N-methyl/N-ethyl adjacent to an activating group) is 1. The first-order chi connectivity index (χ1) is 8.47. The molecule has 0 fully saturated rings. The first-order valence-corrected chi connectivity index (χ1v) is 5.72. The highest BCUT2D eigenvalue weighted by Crippen LogP contribution is 2.07. The van der Waals surface area contributed by atoms with Gasteiger partial charge in [-0.05, 0) is 13.8 Å². The van der Waals surface area contributed by atoms with Crippen molar-refractivity contribution in [1.82, 2.24) is 20.4 Å². The van der Waals surface area contributed by atoms with Crippen LogP contribution in [0.5, 0.6) is 0 Å². The molecule has 3 N–H and O–H groups in total. The number of nitrogens with zero attached hydrogens (tertiary/aromatic N) is 2. The number of hydrogen-bond donors (Lipinski definition) is 3. The van der Waals surface area contributed by atoms with Crippen LogP contribution in [-0.2, 0) is 18.4 Å². The summed E-state index contributed by atoms with van der Waals surface area (Å²) in [6.07, 6.45) is 1.30. The lowest BCUT2D eigenvalue weighted by atomic mass is 10.2. The molecule has 0 aliphatic carbocycles. The molecule has 0 saturated heterocycles. The molecular weight excluding hydrogens is 236 g/mol. The Morgan fingerprint density at radius 3 is 2.78 bits per heavy atom. The largest absolute Gasteiger partial charge is 0.478 e. The summed E-state index contributed by atoms with van der Waals surface area (Å²) < 4.78 is 1.49. The van der Waals surface area contributed by atoms with Gasteiger partial charge in [0.15, 0.2) is 0 Å². The molecular formula is C11H18N4O3. The number of carboxylic acids is 1. The van der Waals surface area contributed by atoms with Gasteiger partial charge in [-0.2, -0.15) is 5.10 Å². The molecule has 0 saturated carbocycles. The smallest absolute Gasteiger partial charge is 0.339 e. The Bertz CT molecular complexity index is 441. The minimum absolute atomic E-state index is 0.114. The number of nitrogens with one attached hydrogen (secondary N) is 2. The molecule has 1 amide bonds. The monoisotopic (exact) mass is 254 g/mol. The number of aromatic carboxylic acids is 1. The number of carbonyl (C=O) groups excluding carboxylic acids is 1. The first kappa shape index (κ1) is 14.2. The third-order valence-electron chi connectivity index (χ3n) is 2.61. The number of rotatable bonds is 6. The molecule has 100 valence electrons. The minimum atomic E-state index is -1.02. The number of aromatic nitrogens is 2. The van der Waals surface area contributed by atoms with Gasteiger partial charge in [0.1, 0.15) is 5.56 Å². The molecule has 0 aliphatic heterocycles. The molecule has 7 nitrogen and oxygen atoms in total. The highest BCUT2D eigenvalue weighted by molar-refractivity contribution is 5.88. The topological polar surface area (TPSA) is 96.2 Å². The quantitative estimate of drug-likeness (QED) is 0.649. The molecule has 0 spiro atoms. The van der Waals surface area contributed by atoms with E-state index in [0.29, 0.717) is 12.2 Å². The fraction of sp³-hybridized carbons (Fsp3) is 0.545. The summed E-state index contributed by atoms with van der Waals surface area (Å²) in [4.78, 5) is 22.4. The van der Waals surface area contributed by atoms with Crippen molar-refractivity contribution in [2.75, 3.05) is 6.54 Å². The van der Waals surface area contributed by atoms with Crippen molar-refractivity contribution in [3.8, 4) is 0 Å². The van der Waals surface area contributed by atoms with Crippen molar-refractivity contribution >= 4 is 11.9 Å². The van der Waals surface area contributed by atoms with Gasteiger partial charge in [-0.1, -0.05) is 0 Å². The minimum Gasteiger partial charge on any atom is -0.478 e. The molecule has 1 aromatic rings. The summed E-state index contributed by atoms with van der Waals surface area (Å²) in [7, 11) is 1.67. The Hall–Kier alpha value is -1.89. The Morgan fingerprint density at radius 1 is 1.56 bits per heavy atom. The van der Waals surface area contributed by atoms with E-state index in [1.165, 1.54) is 10.9 Å². The predicted octanol–water partition coefficient (Wildman–Crippen LogP) is -0.267. The van der Waals surface area contributed by atoms with E-state index in [-0.39, 0.29) is 24.1 Å². The SMILES string of the molecule is CCNC(=O)C(C)NCc1c(C(=O)O)cnn1C. The molecule has 1 unspecified atom stereocenters. The normalized spacial score (nSPS) is 12.2. The van der Waals surface area contributed by atoms with Crippen LogP contribution >= 0.6 is 0 Å². The summed E-state index contributed by atoms with van der Waals surface area (Å²) in [6, 6.07) is -0.388. The first-order valence-electron chi connectivity index (χ1n) is 5.72. The van der Waals surface area contributed by atoms with E-state index in [0.717, 1.165) is 0 Å². The van der Waals surface area contributed by atoms with E-state index in [1.54, 1.807) is 14.0 Å². The fourth-order valence-corrected chi connectivity index (χ4v) is 1.52. The third kappa shape index (κ3) is 3.30. The molecule has 1 atom stereocenters. The van der Waals surface area contributed by atoms with Gasteiger partial charge in [-0.3, -0.25) is 9.48 Å². The maximum atomic E-state index is 11.5. The molecule has 7 heteroatoms. The van der Waals surface area contributed by atoms with Gasteiger partial charge in [0.05, 0.1) is 17.9 Å².